The second-order valence-corrected chi connectivity index (χ2v) is 6.98. The van der Waals surface area contributed by atoms with Crippen LogP contribution in [0.15, 0.2) is 18.2 Å². The quantitative estimate of drug-likeness (QED) is 0.811. The Kier molecular flexibility index (Phi) is 4.65. The van der Waals surface area contributed by atoms with Gasteiger partial charge in [-0.15, -0.1) is 0 Å². The van der Waals surface area contributed by atoms with Crippen LogP contribution in [0.1, 0.15) is 35.3 Å². The highest BCUT2D eigenvalue weighted by molar-refractivity contribution is 7.85. The number of carbonyl (C=O) groups is 1. The smallest absolute Gasteiger partial charge is 0.283 e. The molecular formula is C14H20N2O4S. The van der Waals surface area contributed by atoms with Crippen LogP contribution >= 0.6 is 0 Å². The minimum absolute atomic E-state index is 0.412. The molecule has 6 nitrogen and oxygen atoms in total. The number of hydrogen-bond donors (Lipinski definition) is 2. The Morgan fingerprint density at radius 1 is 1.38 bits per heavy atom. The van der Waals surface area contributed by atoms with Crippen LogP contribution < -0.4 is 5.32 Å². The minimum atomic E-state index is -4.20. The highest BCUT2D eigenvalue weighted by Gasteiger charge is 2.19. The first-order valence-electron chi connectivity index (χ1n) is 6.85. The SMILES string of the molecule is CC(C)N1CCc2cc(C(=O)NCS(=O)(=O)O)ccc2C1. The number of nitrogens with one attached hydrogen (secondary N) is 1. The molecule has 1 aromatic carbocycles. The summed E-state index contributed by atoms with van der Waals surface area (Å²) >= 11 is 0. The van der Waals surface area contributed by atoms with Crippen LogP contribution in [0.2, 0.25) is 0 Å². The van der Waals surface area contributed by atoms with Crippen molar-refractivity contribution in [1.82, 2.24) is 10.2 Å². The molecule has 0 saturated heterocycles. The molecule has 21 heavy (non-hydrogen) atoms. The third-order valence-electron chi connectivity index (χ3n) is 3.66. The van der Waals surface area contributed by atoms with E-state index in [-0.39, 0.29) is 0 Å². The molecule has 1 aliphatic rings. The lowest BCUT2D eigenvalue weighted by atomic mass is 9.96. The standard InChI is InChI=1S/C14H20N2O4S/c1-10(2)16-6-5-11-7-12(3-4-13(11)8-16)14(17)15-9-21(18,19)20/h3-4,7,10H,5-6,8-9H2,1-2H3,(H,15,17)(H,18,19,20). The Balaban J connectivity index is 2.10. The van der Waals surface area contributed by atoms with Crippen molar-refractivity contribution < 1.29 is 17.8 Å². The molecule has 1 aliphatic heterocycles. The molecule has 0 bridgehead atoms. The molecule has 7 heteroatoms. The van der Waals surface area contributed by atoms with Gasteiger partial charge in [-0.1, -0.05) is 6.07 Å². The summed E-state index contributed by atoms with van der Waals surface area (Å²) in [5, 5.41) is 2.19. The summed E-state index contributed by atoms with van der Waals surface area (Å²) in [5.41, 5.74) is 2.73. The van der Waals surface area contributed by atoms with Crippen molar-refractivity contribution >= 4 is 16.0 Å². The van der Waals surface area contributed by atoms with Crippen molar-refractivity contribution in [3.63, 3.8) is 0 Å². The maximum atomic E-state index is 11.9. The number of nitrogens with zero attached hydrogens (tertiary/aromatic N) is 1. The van der Waals surface area contributed by atoms with Crippen LogP contribution in [0.4, 0.5) is 0 Å². The van der Waals surface area contributed by atoms with Gasteiger partial charge in [0.25, 0.3) is 16.0 Å². The van der Waals surface area contributed by atoms with E-state index in [2.05, 4.69) is 24.1 Å². The van der Waals surface area contributed by atoms with Crippen molar-refractivity contribution in [2.24, 2.45) is 0 Å². The second kappa shape index (κ2) is 6.13. The van der Waals surface area contributed by atoms with Gasteiger partial charge in [0.1, 0.15) is 5.88 Å². The molecular weight excluding hydrogens is 292 g/mol. The Bertz CT molecular complexity index is 640. The molecule has 0 spiro atoms. The van der Waals surface area contributed by atoms with E-state index in [1.165, 1.54) is 5.56 Å². The molecule has 2 rings (SSSR count). The van der Waals surface area contributed by atoms with Gasteiger partial charge in [0.15, 0.2) is 0 Å². The van der Waals surface area contributed by atoms with Crippen LogP contribution in [-0.4, -0.2) is 42.2 Å². The molecule has 116 valence electrons. The van der Waals surface area contributed by atoms with Crippen LogP contribution in [0.3, 0.4) is 0 Å². The summed E-state index contributed by atoms with van der Waals surface area (Å²) < 4.78 is 29.9. The predicted octanol–water partition coefficient (Wildman–Crippen LogP) is 1.03. The third-order valence-corrected chi connectivity index (χ3v) is 4.16. The molecule has 2 N–H and O–H groups in total. The predicted molar refractivity (Wildman–Crippen MR) is 79.6 cm³/mol. The number of rotatable bonds is 4. The summed E-state index contributed by atoms with van der Waals surface area (Å²) in [4.78, 5) is 14.2. The van der Waals surface area contributed by atoms with Gasteiger partial charge in [-0.2, -0.15) is 8.42 Å². The lowest BCUT2D eigenvalue weighted by Gasteiger charge is -2.32. The largest absolute Gasteiger partial charge is 0.336 e. The molecule has 0 aromatic heterocycles. The molecule has 0 aliphatic carbocycles. The maximum Gasteiger partial charge on any atom is 0.283 e. The molecule has 0 fully saturated rings. The van der Waals surface area contributed by atoms with Gasteiger partial charge in [0, 0.05) is 24.7 Å². The number of hydrogen-bond acceptors (Lipinski definition) is 4. The van der Waals surface area contributed by atoms with Gasteiger partial charge in [-0.3, -0.25) is 14.2 Å². The lowest BCUT2D eigenvalue weighted by molar-refractivity contribution is 0.0958. The molecule has 0 unspecified atom stereocenters. The molecule has 0 radical (unpaired) electrons. The fraction of sp³-hybridized carbons (Fsp3) is 0.500. The van der Waals surface area contributed by atoms with Crippen LogP contribution in [0, 0.1) is 0 Å². The second-order valence-electron chi connectivity index (χ2n) is 5.53. The van der Waals surface area contributed by atoms with Gasteiger partial charge in [-0.25, -0.2) is 0 Å². The maximum absolute atomic E-state index is 11.9. The topological polar surface area (TPSA) is 86.7 Å². The molecule has 1 aromatic rings. The van der Waals surface area contributed by atoms with E-state index < -0.39 is 21.9 Å². The van der Waals surface area contributed by atoms with E-state index in [0.29, 0.717) is 11.6 Å². The van der Waals surface area contributed by atoms with Crippen molar-refractivity contribution in [3.05, 3.63) is 34.9 Å². The molecule has 1 amide bonds. The first-order chi connectivity index (χ1) is 9.76. The van der Waals surface area contributed by atoms with Crippen LogP contribution in [-0.2, 0) is 23.1 Å². The summed E-state index contributed by atoms with van der Waals surface area (Å²) in [5.74, 6) is -1.27. The Morgan fingerprint density at radius 3 is 2.71 bits per heavy atom. The van der Waals surface area contributed by atoms with Crippen LogP contribution in [0.25, 0.3) is 0 Å². The van der Waals surface area contributed by atoms with Gasteiger partial charge < -0.3 is 5.32 Å². The van der Waals surface area contributed by atoms with E-state index in [1.807, 2.05) is 6.07 Å². The molecule has 0 atom stereocenters. The highest BCUT2D eigenvalue weighted by atomic mass is 32.2. The van der Waals surface area contributed by atoms with E-state index in [9.17, 15) is 13.2 Å². The fourth-order valence-electron chi connectivity index (χ4n) is 2.42. The van der Waals surface area contributed by atoms with E-state index >= 15 is 0 Å². The summed E-state index contributed by atoms with van der Waals surface area (Å²) in [6.07, 6.45) is 0.868. The average molecular weight is 312 g/mol. The van der Waals surface area contributed by atoms with E-state index in [4.69, 9.17) is 4.55 Å². The van der Waals surface area contributed by atoms with Gasteiger partial charge >= 0.3 is 0 Å². The summed E-state index contributed by atoms with van der Waals surface area (Å²) in [6, 6.07) is 5.87. The average Bonchev–Trinajstić information content (AvgIpc) is 2.42. The zero-order valence-corrected chi connectivity index (χ0v) is 13.0. The van der Waals surface area contributed by atoms with E-state index in [0.717, 1.165) is 25.1 Å². The molecule has 1 heterocycles. The third kappa shape index (κ3) is 4.26. The Morgan fingerprint density at radius 2 is 2.10 bits per heavy atom. The summed E-state index contributed by atoms with van der Waals surface area (Å²) in [7, 11) is -4.20. The number of amides is 1. The van der Waals surface area contributed by atoms with Gasteiger partial charge in [0.05, 0.1) is 0 Å². The van der Waals surface area contributed by atoms with Crippen molar-refractivity contribution in [2.75, 3.05) is 12.4 Å². The minimum Gasteiger partial charge on any atom is -0.336 e. The summed E-state index contributed by atoms with van der Waals surface area (Å²) in [6.45, 7) is 6.12. The Labute approximate surface area is 124 Å². The zero-order chi connectivity index (χ0) is 15.6. The van der Waals surface area contributed by atoms with Crippen molar-refractivity contribution in [3.8, 4) is 0 Å². The number of fused-ring (bicyclic) bond motifs is 1. The monoisotopic (exact) mass is 312 g/mol. The lowest BCUT2D eigenvalue weighted by Crippen LogP contribution is -2.36. The van der Waals surface area contributed by atoms with Crippen molar-refractivity contribution in [2.45, 2.75) is 32.9 Å². The highest BCUT2D eigenvalue weighted by Crippen LogP contribution is 2.21. The number of carbonyl (C=O) groups excluding carboxylic acids is 1. The van der Waals surface area contributed by atoms with Crippen molar-refractivity contribution in [1.29, 1.82) is 0 Å². The fourth-order valence-corrected chi connectivity index (χ4v) is 2.73. The normalized spacial score (nSPS) is 15.8. The van der Waals surface area contributed by atoms with Gasteiger partial charge in [0.2, 0.25) is 0 Å². The van der Waals surface area contributed by atoms with E-state index in [1.54, 1.807) is 12.1 Å². The Hall–Kier alpha value is -1.44. The number of benzene rings is 1. The van der Waals surface area contributed by atoms with Gasteiger partial charge in [-0.05, 0) is 43.5 Å². The molecule has 0 saturated carbocycles. The van der Waals surface area contributed by atoms with Crippen LogP contribution in [0.5, 0.6) is 0 Å². The first-order valence-corrected chi connectivity index (χ1v) is 8.46. The first kappa shape index (κ1) is 15.9. The zero-order valence-electron chi connectivity index (χ0n) is 12.2.